The van der Waals surface area contributed by atoms with Crippen molar-refractivity contribution in [1.29, 1.82) is 0 Å². The van der Waals surface area contributed by atoms with E-state index in [9.17, 15) is 35.0 Å². The van der Waals surface area contributed by atoms with Gasteiger partial charge in [-0.1, -0.05) is 0 Å². The van der Waals surface area contributed by atoms with Gasteiger partial charge in [-0.3, -0.25) is 19.7 Å². The van der Waals surface area contributed by atoms with Crippen LogP contribution in [0.4, 0.5) is 0 Å². The Morgan fingerprint density at radius 1 is 0.944 bits per heavy atom. The molecule has 8 heteroatoms. The van der Waals surface area contributed by atoms with Crippen LogP contribution in [0, 0.1) is 10.1 Å². The zero-order chi connectivity index (χ0) is 13.6. The number of phenols is 2. The van der Waals surface area contributed by atoms with Gasteiger partial charge in [-0.25, -0.2) is 0 Å². The van der Waals surface area contributed by atoms with Crippen molar-refractivity contribution in [2.75, 3.05) is 0 Å². The lowest BCUT2D eigenvalue weighted by Crippen LogP contribution is -2.28. The number of nitro groups is 1. The fraction of sp³-hybridized carbons (Fsp3) is 0. The van der Waals surface area contributed by atoms with Crippen molar-refractivity contribution >= 4 is 17.3 Å². The van der Waals surface area contributed by atoms with Crippen LogP contribution in [0.5, 0.6) is 11.5 Å². The van der Waals surface area contributed by atoms with Gasteiger partial charge < -0.3 is 15.3 Å². The molecule has 0 aromatic heterocycles. The molecule has 0 atom stereocenters. The average Bonchev–Trinajstić information content (AvgIpc) is 2.28. The Bertz CT molecular complexity index is 644. The Hall–Kier alpha value is -2.90. The number of rotatable bonds is 1. The average molecular weight is 251 g/mol. The second kappa shape index (κ2) is 3.55. The van der Waals surface area contributed by atoms with Crippen LogP contribution in [-0.2, 0) is 4.79 Å². The number of hydrogen-bond donors (Lipinski definition) is 3. The molecule has 0 unspecified atom stereocenters. The van der Waals surface area contributed by atoms with Crippen LogP contribution in [0.2, 0.25) is 0 Å². The molecule has 0 heterocycles. The zero-order valence-electron chi connectivity index (χ0n) is 8.58. The van der Waals surface area contributed by atoms with E-state index in [4.69, 9.17) is 0 Å². The highest BCUT2D eigenvalue weighted by atomic mass is 16.6. The van der Waals surface area contributed by atoms with Crippen molar-refractivity contribution in [2.24, 2.45) is 0 Å². The third-order valence-electron chi connectivity index (χ3n) is 2.45. The van der Waals surface area contributed by atoms with Crippen LogP contribution in [0.25, 0.3) is 5.76 Å². The minimum Gasteiger partial charge on any atom is -0.507 e. The molecule has 0 radical (unpaired) electrons. The quantitative estimate of drug-likeness (QED) is 0.283. The molecular weight excluding hydrogens is 246 g/mol. The lowest BCUT2D eigenvalue weighted by molar-refractivity contribution is -0.418. The minimum atomic E-state index is -1.55. The van der Waals surface area contributed by atoms with Gasteiger partial charge >= 0.3 is 11.5 Å². The van der Waals surface area contributed by atoms with Gasteiger partial charge in [0.25, 0.3) is 0 Å². The van der Waals surface area contributed by atoms with Gasteiger partial charge in [0.2, 0.25) is 11.5 Å². The van der Waals surface area contributed by atoms with Gasteiger partial charge in [0.15, 0.2) is 0 Å². The normalized spacial score (nSPS) is 14.7. The number of allylic oxidation sites excluding steroid dienone is 1. The summed E-state index contributed by atoms with van der Waals surface area (Å²) in [6, 6.07) is 1.87. The van der Waals surface area contributed by atoms with Gasteiger partial charge in [-0.05, 0) is 12.1 Å². The number of nitrogens with zero attached hydrogens (tertiary/aromatic N) is 1. The zero-order valence-corrected chi connectivity index (χ0v) is 8.58. The largest absolute Gasteiger partial charge is 0.507 e. The third-order valence-corrected chi connectivity index (χ3v) is 2.45. The molecule has 0 bridgehead atoms. The van der Waals surface area contributed by atoms with E-state index in [1.807, 2.05) is 0 Å². The first-order valence-electron chi connectivity index (χ1n) is 4.58. The molecule has 0 saturated carbocycles. The summed E-state index contributed by atoms with van der Waals surface area (Å²) in [5, 5.41) is 39.1. The van der Waals surface area contributed by atoms with Gasteiger partial charge in [-0.15, -0.1) is 0 Å². The van der Waals surface area contributed by atoms with E-state index in [2.05, 4.69) is 0 Å². The lowest BCUT2D eigenvalue weighted by Gasteiger charge is -2.14. The Morgan fingerprint density at radius 3 is 1.94 bits per heavy atom. The molecule has 0 aliphatic heterocycles. The Balaban J connectivity index is 2.92. The van der Waals surface area contributed by atoms with Gasteiger partial charge in [0, 0.05) is 0 Å². The summed E-state index contributed by atoms with van der Waals surface area (Å²) in [6.45, 7) is 0. The number of aromatic hydroxyl groups is 2. The maximum atomic E-state index is 11.6. The summed E-state index contributed by atoms with van der Waals surface area (Å²) in [5.74, 6) is -5.36. The molecule has 1 aromatic rings. The highest BCUT2D eigenvalue weighted by molar-refractivity contribution is 6.52. The summed E-state index contributed by atoms with van der Waals surface area (Å²) >= 11 is 0. The predicted octanol–water partition coefficient (Wildman–Crippen LogP) is 0.366. The maximum Gasteiger partial charge on any atom is 0.362 e. The van der Waals surface area contributed by atoms with E-state index in [0.717, 1.165) is 12.1 Å². The standard InChI is InChI=1S/C10H5NO7/c12-3-1-2-4(13)6-5(3)8(14)7(11(17)18)10(16)9(6)15/h1-2,12-14H. The molecule has 0 spiro atoms. The number of carbonyl (C=O) groups excluding carboxylic acids is 2. The first-order valence-corrected chi connectivity index (χ1v) is 4.58. The number of aliphatic hydroxyl groups is 1. The number of aliphatic hydroxyl groups excluding tert-OH is 1. The highest BCUT2D eigenvalue weighted by Crippen LogP contribution is 2.38. The highest BCUT2D eigenvalue weighted by Gasteiger charge is 2.43. The van der Waals surface area contributed by atoms with Crippen molar-refractivity contribution in [3.05, 3.63) is 39.1 Å². The third kappa shape index (κ3) is 1.32. The van der Waals surface area contributed by atoms with E-state index >= 15 is 0 Å². The second-order valence-electron chi connectivity index (χ2n) is 3.47. The second-order valence-corrected chi connectivity index (χ2v) is 3.47. The van der Waals surface area contributed by atoms with Crippen LogP contribution in [0.3, 0.4) is 0 Å². The number of benzene rings is 1. The van der Waals surface area contributed by atoms with Gasteiger partial charge in [0.1, 0.15) is 11.5 Å². The van der Waals surface area contributed by atoms with E-state index < -0.39 is 50.6 Å². The number of Topliss-reactive ketones (excluding diaryl/α,β-unsaturated/α-hetero) is 2. The molecule has 92 valence electrons. The van der Waals surface area contributed by atoms with Crippen molar-refractivity contribution in [1.82, 2.24) is 0 Å². The van der Waals surface area contributed by atoms with Crippen molar-refractivity contribution < 1.29 is 29.8 Å². The number of fused-ring (bicyclic) bond motifs is 1. The van der Waals surface area contributed by atoms with Crippen LogP contribution >= 0.6 is 0 Å². The number of phenolic OH excluding ortho intramolecular Hbond substituents is 2. The Kier molecular flexibility index (Phi) is 2.29. The monoisotopic (exact) mass is 251 g/mol. The molecule has 2 rings (SSSR count). The van der Waals surface area contributed by atoms with E-state index in [-0.39, 0.29) is 0 Å². The van der Waals surface area contributed by atoms with Crippen LogP contribution in [0.1, 0.15) is 15.9 Å². The molecule has 3 N–H and O–H groups in total. The topological polar surface area (TPSA) is 138 Å². The van der Waals surface area contributed by atoms with E-state index in [1.54, 1.807) is 0 Å². The van der Waals surface area contributed by atoms with Crippen molar-refractivity contribution in [3.63, 3.8) is 0 Å². The fourth-order valence-electron chi connectivity index (χ4n) is 1.67. The number of hydrogen-bond acceptors (Lipinski definition) is 7. The molecule has 1 aromatic carbocycles. The first-order chi connectivity index (χ1) is 8.36. The molecule has 1 aliphatic rings. The maximum absolute atomic E-state index is 11.6. The van der Waals surface area contributed by atoms with Crippen LogP contribution < -0.4 is 0 Å². The summed E-state index contributed by atoms with van der Waals surface area (Å²) in [6.07, 6.45) is 0. The Labute approximate surface area is 98.6 Å². The lowest BCUT2D eigenvalue weighted by atomic mass is 9.90. The van der Waals surface area contributed by atoms with Crippen molar-refractivity contribution in [2.45, 2.75) is 0 Å². The van der Waals surface area contributed by atoms with E-state index in [0.29, 0.717) is 0 Å². The van der Waals surface area contributed by atoms with Crippen LogP contribution in [0.15, 0.2) is 17.8 Å². The van der Waals surface area contributed by atoms with Crippen molar-refractivity contribution in [3.8, 4) is 11.5 Å². The molecule has 0 saturated heterocycles. The van der Waals surface area contributed by atoms with Gasteiger partial charge in [0.05, 0.1) is 16.1 Å². The molecule has 18 heavy (non-hydrogen) atoms. The van der Waals surface area contributed by atoms with Gasteiger partial charge in [-0.2, -0.15) is 0 Å². The summed E-state index contributed by atoms with van der Waals surface area (Å²) in [5.41, 5.74) is -2.59. The molecular formula is C10H5NO7. The molecule has 0 amide bonds. The SMILES string of the molecule is O=C1C(=O)c2c(O)ccc(O)c2C(O)=C1[N+](=O)[O-]. The summed E-state index contributed by atoms with van der Waals surface area (Å²) in [4.78, 5) is 32.4. The molecule has 8 nitrogen and oxygen atoms in total. The smallest absolute Gasteiger partial charge is 0.362 e. The van der Waals surface area contributed by atoms with Crippen LogP contribution in [-0.4, -0.2) is 31.8 Å². The minimum absolute atomic E-state index is 0.619. The Morgan fingerprint density at radius 2 is 1.44 bits per heavy atom. The fourth-order valence-corrected chi connectivity index (χ4v) is 1.67. The predicted molar refractivity (Wildman–Crippen MR) is 55.7 cm³/mol. The molecule has 1 aliphatic carbocycles. The van der Waals surface area contributed by atoms with E-state index in [1.165, 1.54) is 0 Å². The summed E-state index contributed by atoms with van der Waals surface area (Å²) < 4.78 is 0. The first kappa shape index (κ1) is 11.6. The molecule has 0 fully saturated rings. The number of ketones is 2. The summed E-state index contributed by atoms with van der Waals surface area (Å²) in [7, 11) is 0. The number of carbonyl (C=O) groups is 2.